The Morgan fingerprint density at radius 1 is 1.06 bits per heavy atom. The minimum absolute atomic E-state index is 0.818. The Hall–Kier alpha value is -1.72. The standard InChI is InChI=1S/C13H17N5/c1-17-6-8-18(9-7-17)16-13-10-14-11-4-2-3-5-12(11)15-13/h2-5,10H,6-9H2,1H3,(H,15,16). The van der Waals surface area contributed by atoms with Crippen molar-refractivity contribution in [3.05, 3.63) is 30.5 Å². The average Bonchev–Trinajstić information content (AvgIpc) is 2.41. The van der Waals surface area contributed by atoms with Crippen LogP contribution in [0.5, 0.6) is 0 Å². The van der Waals surface area contributed by atoms with E-state index in [1.54, 1.807) is 6.20 Å². The number of nitrogens with one attached hydrogen (secondary N) is 1. The SMILES string of the molecule is CN1CCN(Nc2cnc3ccccc3n2)CC1. The van der Waals surface area contributed by atoms with Gasteiger partial charge in [0.25, 0.3) is 0 Å². The van der Waals surface area contributed by atoms with Gasteiger partial charge in [0, 0.05) is 26.2 Å². The number of para-hydroxylation sites is 2. The van der Waals surface area contributed by atoms with Crippen LogP contribution in [0.2, 0.25) is 0 Å². The van der Waals surface area contributed by atoms with Crippen molar-refractivity contribution in [2.45, 2.75) is 0 Å². The zero-order chi connectivity index (χ0) is 12.4. The van der Waals surface area contributed by atoms with Gasteiger partial charge in [-0.2, -0.15) is 0 Å². The van der Waals surface area contributed by atoms with Crippen molar-refractivity contribution in [3.8, 4) is 0 Å². The summed E-state index contributed by atoms with van der Waals surface area (Å²) in [6, 6.07) is 7.92. The minimum Gasteiger partial charge on any atom is -0.304 e. The van der Waals surface area contributed by atoms with Gasteiger partial charge in [0.05, 0.1) is 17.2 Å². The van der Waals surface area contributed by atoms with E-state index in [4.69, 9.17) is 0 Å². The number of hydrogen-bond acceptors (Lipinski definition) is 5. The summed E-state index contributed by atoms with van der Waals surface area (Å²) in [5, 5.41) is 2.19. The molecule has 18 heavy (non-hydrogen) atoms. The first kappa shape index (κ1) is 11.4. The van der Waals surface area contributed by atoms with Crippen LogP contribution in [0.3, 0.4) is 0 Å². The predicted octanol–water partition coefficient (Wildman–Crippen LogP) is 1.20. The normalized spacial score (nSPS) is 18.1. The maximum absolute atomic E-state index is 4.56. The van der Waals surface area contributed by atoms with Crippen molar-refractivity contribution >= 4 is 16.9 Å². The molecule has 94 valence electrons. The highest BCUT2D eigenvalue weighted by molar-refractivity contribution is 5.75. The Bertz CT molecular complexity index is 534. The third kappa shape index (κ3) is 2.42. The molecule has 0 bridgehead atoms. The smallest absolute Gasteiger partial charge is 0.159 e. The molecule has 1 fully saturated rings. The van der Waals surface area contributed by atoms with Crippen molar-refractivity contribution in [2.75, 3.05) is 38.7 Å². The van der Waals surface area contributed by atoms with Gasteiger partial charge in [0.1, 0.15) is 0 Å². The highest BCUT2D eigenvalue weighted by Gasteiger charge is 2.13. The van der Waals surface area contributed by atoms with E-state index in [2.05, 4.69) is 32.4 Å². The van der Waals surface area contributed by atoms with Crippen LogP contribution in [0.25, 0.3) is 11.0 Å². The second-order valence-corrected chi connectivity index (χ2v) is 4.65. The Balaban J connectivity index is 1.74. The molecular weight excluding hydrogens is 226 g/mol. The number of anilines is 1. The van der Waals surface area contributed by atoms with E-state index in [1.807, 2.05) is 24.3 Å². The van der Waals surface area contributed by atoms with Crippen LogP contribution in [0.1, 0.15) is 0 Å². The van der Waals surface area contributed by atoms with E-state index in [0.29, 0.717) is 0 Å². The van der Waals surface area contributed by atoms with E-state index in [1.165, 1.54) is 0 Å². The van der Waals surface area contributed by atoms with E-state index in [0.717, 1.165) is 43.0 Å². The quantitative estimate of drug-likeness (QED) is 0.858. The molecule has 1 saturated heterocycles. The number of hydrazine groups is 1. The largest absolute Gasteiger partial charge is 0.304 e. The van der Waals surface area contributed by atoms with E-state index < -0.39 is 0 Å². The van der Waals surface area contributed by atoms with Crippen LogP contribution >= 0.6 is 0 Å². The molecular formula is C13H17N5. The number of nitrogens with zero attached hydrogens (tertiary/aromatic N) is 4. The van der Waals surface area contributed by atoms with Gasteiger partial charge < -0.3 is 10.3 Å². The molecule has 5 heteroatoms. The van der Waals surface area contributed by atoms with Gasteiger partial charge >= 0.3 is 0 Å². The summed E-state index contributed by atoms with van der Waals surface area (Å²) in [7, 11) is 2.15. The van der Waals surface area contributed by atoms with Crippen LogP contribution in [0.15, 0.2) is 30.5 Å². The number of aromatic nitrogens is 2. The average molecular weight is 243 g/mol. The molecule has 0 spiro atoms. The van der Waals surface area contributed by atoms with Crippen molar-refractivity contribution in [1.82, 2.24) is 19.9 Å². The number of benzene rings is 1. The summed E-state index contributed by atoms with van der Waals surface area (Å²) in [5.74, 6) is 0.818. The van der Waals surface area contributed by atoms with Crippen molar-refractivity contribution in [2.24, 2.45) is 0 Å². The number of likely N-dealkylation sites (N-methyl/N-ethyl adjacent to an activating group) is 1. The zero-order valence-electron chi connectivity index (χ0n) is 10.5. The molecule has 0 atom stereocenters. The molecule has 1 aromatic carbocycles. The lowest BCUT2D eigenvalue weighted by atomic mass is 10.3. The van der Waals surface area contributed by atoms with E-state index >= 15 is 0 Å². The van der Waals surface area contributed by atoms with Crippen LogP contribution in [0.4, 0.5) is 5.82 Å². The molecule has 0 saturated carbocycles. The number of hydrogen-bond donors (Lipinski definition) is 1. The van der Waals surface area contributed by atoms with Gasteiger partial charge in [-0.05, 0) is 19.2 Å². The lowest BCUT2D eigenvalue weighted by Crippen LogP contribution is -2.47. The van der Waals surface area contributed by atoms with Crippen LogP contribution in [-0.4, -0.2) is 53.1 Å². The van der Waals surface area contributed by atoms with Crippen molar-refractivity contribution in [3.63, 3.8) is 0 Å². The molecule has 2 heterocycles. The van der Waals surface area contributed by atoms with Crippen LogP contribution < -0.4 is 5.43 Å². The lowest BCUT2D eigenvalue weighted by Gasteiger charge is -2.32. The summed E-state index contributed by atoms with van der Waals surface area (Å²) in [6.45, 7) is 4.16. The molecule has 0 unspecified atom stereocenters. The second kappa shape index (κ2) is 4.88. The zero-order valence-corrected chi connectivity index (χ0v) is 10.5. The van der Waals surface area contributed by atoms with Crippen molar-refractivity contribution in [1.29, 1.82) is 0 Å². The number of fused-ring (bicyclic) bond motifs is 1. The van der Waals surface area contributed by atoms with Crippen LogP contribution in [-0.2, 0) is 0 Å². The molecule has 0 radical (unpaired) electrons. The number of piperazine rings is 1. The van der Waals surface area contributed by atoms with Gasteiger partial charge in [-0.15, -0.1) is 0 Å². The summed E-state index contributed by atoms with van der Waals surface area (Å²) in [5.41, 5.74) is 5.19. The fourth-order valence-electron chi connectivity index (χ4n) is 2.09. The molecule has 3 rings (SSSR count). The summed E-state index contributed by atoms with van der Waals surface area (Å²) >= 11 is 0. The Kier molecular flexibility index (Phi) is 3.08. The molecule has 1 N–H and O–H groups in total. The highest BCUT2D eigenvalue weighted by Crippen LogP contribution is 2.12. The Morgan fingerprint density at radius 2 is 1.78 bits per heavy atom. The van der Waals surface area contributed by atoms with E-state index in [-0.39, 0.29) is 0 Å². The third-order valence-electron chi connectivity index (χ3n) is 3.22. The first-order valence-electron chi connectivity index (χ1n) is 6.23. The monoisotopic (exact) mass is 243 g/mol. The summed E-state index contributed by atoms with van der Waals surface area (Å²) in [4.78, 5) is 11.3. The van der Waals surface area contributed by atoms with Gasteiger partial charge in [-0.1, -0.05) is 12.1 Å². The first-order valence-corrected chi connectivity index (χ1v) is 6.23. The predicted molar refractivity (Wildman–Crippen MR) is 72.2 cm³/mol. The van der Waals surface area contributed by atoms with E-state index in [9.17, 15) is 0 Å². The molecule has 0 amide bonds. The highest BCUT2D eigenvalue weighted by atomic mass is 15.5. The Labute approximate surface area is 106 Å². The topological polar surface area (TPSA) is 44.3 Å². The lowest BCUT2D eigenvalue weighted by molar-refractivity contribution is 0.178. The Morgan fingerprint density at radius 3 is 2.56 bits per heavy atom. The fraction of sp³-hybridized carbons (Fsp3) is 0.385. The maximum Gasteiger partial charge on any atom is 0.159 e. The van der Waals surface area contributed by atoms with Gasteiger partial charge in [0.15, 0.2) is 5.82 Å². The molecule has 5 nitrogen and oxygen atoms in total. The molecule has 0 aliphatic carbocycles. The van der Waals surface area contributed by atoms with Gasteiger partial charge in [-0.25, -0.2) is 9.99 Å². The first-order chi connectivity index (χ1) is 8.81. The minimum atomic E-state index is 0.818. The second-order valence-electron chi connectivity index (χ2n) is 4.65. The maximum atomic E-state index is 4.56. The van der Waals surface area contributed by atoms with Gasteiger partial charge in [-0.3, -0.25) is 4.98 Å². The fourth-order valence-corrected chi connectivity index (χ4v) is 2.09. The summed E-state index contributed by atoms with van der Waals surface area (Å²) in [6.07, 6.45) is 1.79. The van der Waals surface area contributed by atoms with Gasteiger partial charge in [0.2, 0.25) is 0 Å². The third-order valence-corrected chi connectivity index (χ3v) is 3.22. The number of rotatable bonds is 2. The molecule has 1 aliphatic heterocycles. The molecule has 1 aromatic heterocycles. The van der Waals surface area contributed by atoms with Crippen molar-refractivity contribution < 1.29 is 0 Å². The molecule has 1 aliphatic rings. The summed E-state index contributed by atoms with van der Waals surface area (Å²) < 4.78 is 0. The molecule has 2 aromatic rings. The van der Waals surface area contributed by atoms with Crippen LogP contribution in [0, 0.1) is 0 Å².